The average Bonchev–Trinajstić information content (AvgIpc) is 2.21. The molecule has 1 nitrogen and oxygen atoms in total. The fourth-order valence-electron chi connectivity index (χ4n) is 1.32. The molecule has 0 aliphatic rings. The molecule has 0 atom stereocenters. The first-order valence-electron chi connectivity index (χ1n) is 4.11. The van der Waals surface area contributed by atoms with E-state index in [9.17, 15) is 8.78 Å². The maximum atomic E-state index is 13.4. The number of hydrogen-bond donors (Lipinski definition) is 0. The van der Waals surface area contributed by atoms with E-state index in [0.29, 0.717) is 11.1 Å². The van der Waals surface area contributed by atoms with Gasteiger partial charge in [-0.3, -0.25) is 0 Å². The molecule has 1 aromatic carbocycles. The predicted molar refractivity (Wildman–Crippen MR) is 66.8 cm³/mol. The summed E-state index contributed by atoms with van der Waals surface area (Å²) in [5, 5.41) is 0.587. The smallest absolute Gasteiger partial charge is 0.185 e. The van der Waals surface area contributed by atoms with Crippen molar-refractivity contribution in [1.29, 1.82) is 0 Å². The SMILES string of the molecule is Cc1nc2c(F)c(F)ccc2c(Br)c1I. The molecule has 78 valence electrons. The molecular formula is C10H5BrF2IN. The molecule has 0 saturated carbocycles. The Morgan fingerprint density at radius 1 is 1.33 bits per heavy atom. The van der Waals surface area contributed by atoms with E-state index in [2.05, 4.69) is 43.5 Å². The monoisotopic (exact) mass is 383 g/mol. The molecule has 0 unspecified atom stereocenters. The first kappa shape index (κ1) is 11.2. The van der Waals surface area contributed by atoms with Gasteiger partial charge in [0.05, 0.1) is 5.69 Å². The number of aryl methyl sites for hydroxylation is 1. The summed E-state index contributed by atoms with van der Waals surface area (Å²) in [4.78, 5) is 4.04. The minimum atomic E-state index is -0.896. The lowest BCUT2D eigenvalue weighted by Gasteiger charge is -2.06. The second-order valence-electron chi connectivity index (χ2n) is 3.08. The summed E-state index contributed by atoms with van der Waals surface area (Å²) < 4.78 is 28.1. The number of hydrogen-bond acceptors (Lipinski definition) is 1. The lowest BCUT2D eigenvalue weighted by molar-refractivity contribution is 0.515. The van der Waals surface area contributed by atoms with Crippen LogP contribution in [0.4, 0.5) is 8.78 Å². The number of benzene rings is 1. The average molecular weight is 384 g/mol. The van der Waals surface area contributed by atoms with Gasteiger partial charge in [-0.1, -0.05) is 0 Å². The fourth-order valence-corrected chi connectivity index (χ4v) is 2.34. The number of nitrogens with zero attached hydrogens (tertiary/aromatic N) is 1. The normalized spacial score (nSPS) is 11.0. The first-order valence-corrected chi connectivity index (χ1v) is 5.99. The van der Waals surface area contributed by atoms with E-state index in [1.54, 1.807) is 6.92 Å². The van der Waals surface area contributed by atoms with Crippen molar-refractivity contribution in [2.24, 2.45) is 0 Å². The van der Waals surface area contributed by atoms with Crippen LogP contribution >= 0.6 is 38.5 Å². The van der Waals surface area contributed by atoms with E-state index in [4.69, 9.17) is 0 Å². The summed E-state index contributed by atoms with van der Waals surface area (Å²) in [5.74, 6) is -1.77. The Hall–Kier alpha value is -0.300. The molecular weight excluding hydrogens is 379 g/mol. The van der Waals surface area contributed by atoms with Gasteiger partial charge in [0.25, 0.3) is 0 Å². The molecule has 0 bridgehead atoms. The predicted octanol–water partition coefficient (Wildman–Crippen LogP) is 4.19. The zero-order chi connectivity index (χ0) is 11.2. The molecule has 0 aliphatic heterocycles. The maximum absolute atomic E-state index is 13.4. The highest BCUT2D eigenvalue weighted by Gasteiger charge is 2.14. The van der Waals surface area contributed by atoms with Crippen molar-refractivity contribution in [3.63, 3.8) is 0 Å². The van der Waals surface area contributed by atoms with Crippen LogP contribution in [0.1, 0.15) is 5.69 Å². The van der Waals surface area contributed by atoms with Crippen LogP contribution in [0.5, 0.6) is 0 Å². The molecule has 0 saturated heterocycles. The first-order chi connectivity index (χ1) is 7.02. The van der Waals surface area contributed by atoms with Gasteiger partial charge in [0.1, 0.15) is 5.52 Å². The molecule has 2 rings (SSSR count). The largest absolute Gasteiger partial charge is 0.249 e. The van der Waals surface area contributed by atoms with Crippen molar-refractivity contribution in [3.05, 3.63) is 37.5 Å². The van der Waals surface area contributed by atoms with Crippen molar-refractivity contribution >= 4 is 49.4 Å². The second kappa shape index (κ2) is 3.93. The van der Waals surface area contributed by atoms with Crippen LogP contribution in [-0.2, 0) is 0 Å². The standard InChI is InChI=1S/C10H5BrF2IN/c1-4-9(14)7(11)5-2-3-6(12)8(13)10(5)15-4/h2-3H,1H3. The lowest BCUT2D eigenvalue weighted by Crippen LogP contribution is -1.95. The van der Waals surface area contributed by atoms with E-state index >= 15 is 0 Å². The topological polar surface area (TPSA) is 12.9 Å². The Balaban J connectivity index is 2.98. The molecule has 0 amide bonds. The van der Waals surface area contributed by atoms with Gasteiger partial charge in [-0.2, -0.15) is 0 Å². The maximum Gasteiger partial charge on any atom is 0.185 e. The summed E-state index contributed by atoms with van der Waals surface area (Å²) in [6, 6.07) is 2.63. The van der Waals surface area contributed by atoms with Gasteiger partial charge in [0, 0.05) is 13.4 Å². The van der Waals surface area contributed by atoms with Crippen LogP contribution < -0.4 is 0 Å². The molecule has 15 heavy (non-hydrogen) atoms. The zero-order valence-corrected chi connectivity index (χ0v) is 11.4. The Bertz CT molecular complexity index is 557. The van der Waals surface area contributed by atoms with Gasteiger partial charge in [0.15, 0.2) is 11.6 Å². The Morgan fingerprint density at radius 2 is 2.00 bits per heavy atom. The zero-order valence-electron chi connectivity index (χ0n) is 7.61. The van der Waals surface area contributed by atoms with Gasteiger partial charge in [-0.15, -0.1) is 0 Å². The van der Waals surface area contributed by atoms with Crippen molar-refractivity contribution in [2.75, 3.05) is 0 Å². The van der Waals surface area contributed by atoms with Crippen LogP contribution in [0.2, 0.25) is 0 Å². The summed E-state index contributed by atoms with van der Waals surface area (Å²) in [6.45, 7) is 1.76. The summed E-state index contributed by atoms with van der Waals surface area (Å²) in [6.07, 6.45) is 0. The van der Waals surface area contributed by atoms with Crippen molar-refractivity contribution in [1.82, 2.24) is 4.98 Å². The number of halogens is 4. The van der Waals surface area contributed by atoms with E-state index < -0.39 is 11.6 Å². The Labute approximate surface area is 107 Å². The van der Waals surface area contributed by atoms with E-state index in [1.165, 1.54) is 6.07 Å². The van der Waals surface area contributed by atoms with Gasteiger partial charge < -0.3 is 0 Å². The van der Waals surface area contributed by atoms with Crippen LogP contribution in [-0.4, -0.2) is 4.98 Å². The van der Waals surface area contributed by atoms with E-state index in [-0.39, 0.29) is 5.52 Å². The lowest BCUT2D eigenvalue weighted by atomic mass is 10.2. The summed E-state index contributed by atoms with van der Waals surface area (Å²) in [5.41, 5.74) is 0.749. The Morgan fingerprint density at radius 3 is 2.67 bits per heavy atom. The third kappa shape index (κ3) is 1.75. The molecule has 2 aromatic rings. The van der Waals surface area contributed by atoms with Crippen LogP contribution in [0.15, 0.2) is 16.6 Å². The molecule has 0 fully saturated rings. The molecule has 5 heteroatoms. The Kier molecular flexibility index (Phi) is 2.94. The highest BCUT2D eigenvalue weighted by atomic mass is 127. The molecule has 0 radical (unpaired) electrons. The van der Waals surface area contributed by atoms with E-state index in [0.717, 1.165) is 14.1 Å². The highest BCUT2D eigenvalue weighted by molar-refractivity contribution is 14.1. The van der Waals surface area contributed by atoms with Gasteiger partial charge in [0.2, 0.25) is 0 Å². The van der Waals surface area contributed by atoms with Gasteiger partial charge in [-0.05, 0) is 57.6 Å². The molecule has 1 aromatic heterocycles. The number of fused-ring (bicyclic) bond motifs is 1. The fraction of sp³-hybridized carbons (Fsp3) is 0.100. The van der Waals surface area contributed by atoms with Crippen LogP contribution in [0.3, 0.4) is 0 Å². The molecule has 0 aliphatic carbocycles. The molecule has 1 heterocycles. The van der Waals surface area contributed by atoms with Crippen molar-refractivity contribution in [2.45, 2.75) is 6.92 Å². The van der Waals surface area contributed by atoms with Gasteiger partial charge >= 0.3 is 0 Å². The quantitative estimate of drug-likeness (QED) is 0.621. The minimum Gasteiger partial charge on any atom is -0.249 e. The highest BCUT2D eigenvalue weighted by Crippen LogP contribution is 2.31. The molecule has 0 spiro atoms. The third-order valence-corrected chi connectivity index (χ3v) is 4.98. The summed E-state index contributed by atoms with van der Waals surface area (Å²) >= 11 is 5.47. The van der Waals surface area contributed by atoms with Crippen LogP contribution in [0.25, 0.3) is 10.9 Å². The summed E-state index contributed by atoms with van der Waals surface area (Å²) in [7, 11) is 0. The minimum absolute atomic E-state index is 0.0693. The number of pyridine rings is 1. The van der Waals surface area contributed by atoms with E-state index in [1.807, 2.05) is 0 Å². The molecule has 0 N–H and O–H groups in total. The van der Waals surface area contributed by atoms with Crippen molar-refractivity contribution in [3.8, 4) is 0 Å². The second-order valence-corrected chi connectivity index (χ2v) is 4.95. The third-order valence-electron chi connectivity index (χ3n) is 2.10. The number of aromatic nitrogens is 1. The van der Waals surface area contributed by atoms with Crippen molar-refractivity contribution < 1.29 is 8.78 Å². The number of rotatable bonds is 0. The van der Waals surface area contributed by atoms with Gasteiger partial charge in [-0.25, -0.2) is 13.8 Å². The van der Waals surface area contributed by atoms with Crippen LogP contribution in [0, 0.1) is 22.1 Å².